The van der Waals surface area contributed by atoms with E-state index >= 15 is 0 Å². The Morgan fingerprint density at radius 3 is 2.76 bits per heavy atom. The van der Waals surface area contributed by atoms with E-state index in [1.54, 1.807) is 23.1 Å². The molecule has 0 spiro atoms. The van der Waals surface area contributed by atoms with Gasteiger partial charge >= 0.3 is 0 Å². The van der Waals surface area contributed by atoms with Gasteiger partial charge in [-0.3, -0.25) is 4.79 Å². The van der Waals surface area contributed by atoms with Gasteiger partial charge in [-0.2, -0.15) is 0 Å². The summed E-state index contributed by atoms with van der Waals surface area (Å²) in [5, 5.41) is 11.9. The molecule has 1 amide bonds. The lowest BCUT2D eigenvalue weighted by Gasteiger charge is -2.12. The van der Waals surface area contributed by atoms with Gasteiger partial charge in [0.25, 0.3) is 0 Å². The van der Waals surface area contributed by atoms with Gasteiger partial charge in [0.15, 0.2) is 4.34 Å². The molecule has 0 aliphatic carbocycles. The lowest BCUT2D eigenvalue weighted by molar-refractivity contribution is -0.119. The topological polar surface area (TPSA) is 80.9 Å². The van der Waals surface area contributed by atoms with Gasteiger partial charge in [-0.05, 0) is 37.6 Å². The van der Waals surface area contributed by atoms with Gasteiger partial charge in [-0.25, -0.2) is 0 Å². The maximum absolute atomic E-state index is 11.9. The van der Waals surface area contributed by atoms with Crippen molar-refractivity contribution in [2.45, 2.75) is 30.0 Å². The third kappa shape index (κ3) is 4.26. The van der Waals surface area contributed by atoms with E-state index in [0.29, 0.717) is 6.54 Å². The van der Waals surface area contributed by atoms with Crippen LogP contribution in [0.3, 0.4) is 0 Å². The van der Waals surface area contributed by atoms with E-state index in [1.165, 1.54) is 0 Å². The third-order valence-corrected chi connectivity index (χ3v) is 4.85. The zero-order valence-electron chi connectivity index (χ0n) is 12.2. The number of anilines is 1. The molecule has 21 heavy (non-hydrogen) atoms. The van der Waals surface area contributed by atoms with Crippen molar-refractivity contribution in [2.24, 2.45) is 11.7 Å². The minimum Gasteiger partial charge on any atom is -0.330 e. The van der Waals surface area contributed by atoms with Crippen LogP contribution in [0.15, 0.2) is 27.4 Å². The Bertz CT molecular complexity index is 642. The number of nitrogens with two attached hydrogens (primary N) is 1. The molecule has 2 rings (SSSR count). The Morgan fingerprint density at radius 2 is 2.19 bits per heavy atom. The number of nitrogens with zero attached hydrogens (tertiary/aromatic N) is 2. The van der Waals surface area contributed by atoms with E-state index in [9.17, 15) is 4.79 Å². The largest absolute Gasteiger partial charge is 0.330 e. The van der Waals surface area contributed by atoms with Gasteiger partial charge in [0.2, 0.25) is 5.91 Å². The Morgan fingerprint density at radius 1 is 1.43 bits per heavy atom. The lowest BCUT2D eigenvalue weighted by atomic mass is 10.1. The van der Waals surface area contributed by atoms with E-state index in [1.807, 2.05) is 39.0 Å². The van der Waals surface area contributed by atoms with Crippen LogP contribution in [-0.4, -0.2) is 22.6 Å². The summed E-state index contributed by atoms with van der Waals surface area (Å²) in [5.41, 5.74) is 7.33. The predicted molar refractivity (Wildman–Crippen MR) is 86.8 cm³/mol. The summed E-state index contributed by atoms with van der Waals surface area (Å²) >= 11 is 3.14. The molecule has 0 saturated carbocycles. The molecular formula is C14H18N4OS2. The molecule has 1 atom stereocenters. The number of amides is 1. The number of rotatable bonds is 5. The maximum atomic E-state index is 11.9. The first-order chi connectivity index (χ1) is 9.99. The minimum atomic E-state index is -0.192. The van der Waals surface area contributed by atoms with Crippen LogP contribution < -0.4 is 11.1 Å². The van der Waals surface area contributed by atoms with E-state index in [0.717, 1.165) is 25.5 Å². The van der Waals surface area contributed by atoms with Crippen molar-refractivity contribution in [3.8, 4) is 0 Å². The number of carbonyl (C=O) groups excluding carboxylic acids is 1. The molecule has 5 nitrogen and oxygen atoms in total. The number of aryl methyl sites for hydroxylation is 2. The second kappa shape index (κ2) is 7.02. The molecule has 0 bridgehead atoms. The number of hydrogen-bond acceptors (Lipinski definition) is 6. The summed E-state index contributed by atoms with van der Waals surface area (Å²) < 4.78 is 0.917. The summed E-state index contributed by atoms with van der Waals surface area (Å²) in [4.78, 5) is 12.9. The Labute approximate surface area is 132 Å². The average molecular weight is 322 g/mol. The molecular weight excluding hydrogens is 304 g/mol. The third-order valence-electron chi connectivity index (χ3n) is 2.97. The van der Waals surface area contributed by atoms with Gasteiger partial charge in [-0.1, -0.05) is 30.0 Å². The zero-order chi connectivity index (χ0) is 15.4. The second-order valence-electron chi connectivity index (χ2n) is 4.79. The quantitative estimate of drug-likeness (QED) is 0.884. The van der Waals surface area contributed by atoms with Crippen molar-refractivity contribution in [1.82, 2.24) is 10.2 Å². The fourth-order valence-corrected chi connectivity index (χ4v) is 3.51. The van der Waals surface area contributed by atoms with E-state index in [2.05, 4.69) is 15.5 Å². The number of nitrogens with one attached hydrogen (secondary N) is 1. The van der Waals surface area contributed by atoms with Gasteiger partial charge in [-0.15, -0.1) is 10.2 Å². The Kier molecular flexibility index (Phi) is 5.33. The van der Waals surface area contributed by atoms with Crippen molar-refractivity contribution in [3.05, 3.63) is 28.8 Å². The fourth-order valence-electron chi connectivity index (χ4n) is 1.62. The molecule has 3 N–H and O–H groups in total. The first kappa shape index (κ1) is 15.9. The highest BCUT2D eigenvalue weighted by molar-refractivity contribution is 8.01. The molecule has 1 aromatic heterocycles. The van der Waals surface area contributed by atoms with Crippen LogP contribution in [0, 0.1) is 19.8 Å². The van der Waals surface area contributed by atoms with Crippen molar-refractivity contribution in [2.75, 3.05) is 11.9 Å². The highest BCUT2D eigenvalue weighted by Gasteiger charge is 2.12. The molecule has 1 aromatic carbocycles. The van der Waals surface area contributed by atoms with Crippen molar-refractivity contribution in [3.63, 3.8) is 0 Å². The Balaban J connectivity index is 2.08. The van der Waals surface area contributed by atoms with Gasteiger partial charge in [0, 0.05) is 23.0 Å². The monoisotopic (exact) mass is 322 g/mol. The number of hydrogen-bond donors (Lipinski definition) is 2. The summed E-state index contributed by atoms with van der Waals surface area (Å²) in [6, 6.07) is 5.91. The molecule has 0 aliphatic rings. The van der Waals surface area contributed by atoms with Crippen LogP contribution in [-0.2, 0) is 4.79 Å². The predicted octanol–water partition coefficient (Wildman–Crippen LogP) is 2.84. The number of benzene rings is 1. The van der Waals surface area contributed by atoms with Gasteiger partial charge in [0.1, 0.15) is 5.01 Å². The standard InChI is InChI=1S/C14H18N4OS2/c1-8-6-11(21-14-18-17-10(3)20-14)4-5-12(8)16-13(19)9(2)7-15/h4-6,9H,7,15H2,1-3H3,(H,16,19). The van der Waals surface area contributed by atoms with Crippen LogP contribution in [0.25, 0.3) is 0 Å². The van der Waals surface area contributed by atoms with E-state index < -0.39 is 0 Å². The molecule has 0 aliphatic heterocycles. The van der Waals surface area contributed by atoms with Crippen molar-refractivity contribution >= 4 is 34.7 Å². The van der Waals surface area contributed by atoms with Crippen LogP contribution in [0.5, 0.6) is 0 Å². The molecule has 0 saturated heterocycles. The summed E-state index contributed by atoms with van der Waals surface area (Å²) in [6.45, 7) is 6.06. The van der Waals surface area contributed by atoms with Crippen LogP contribution in [0.1, 0.15) is 17.5 Å². The van der Waals surface area contributed by atoms with Crippen molar-refractivity contribution in [1.29, 1.82) is 0 Å². The van der Waals surface area contributed by atoms with E-state index in [-0.39, 0.29) is 11.8 Å². The molecule has 7 heteroatoms. The fraction of sp³-hybridized carbons (Fsp3) is 0.357. The lowest BCUT2D eigenvalue weighted by Crippen LogP contribution is -2.26. The first-order valence-corrected chi connectivity index (χ1v) is 8.22. The summed E-state index contributed by atoms with van der Waals surface area (Å²) in [7, 11) is 0. The molecule has 1 heterocycles. The minimum absolute atomic E-state index is 0.0549. The molecule has 0 radical (unpaired) electrons. The summed E-state index contributed by atoms with van der Waals surface area (Å²) in [5.74, 6) is -0.247. The normalized spacial score (nSPS) is 12.2. The second-order valence-corrected chi connectivity index (χ2v) is 7.29. The number of aromatic nitrogens is 2. The van der Waals surface area contributed by atoms with Gasteiger partial charge in [0.05, 0.1) is 0 Å². The Hall–Kier alpha value is -1.44. The van der Waals surface area contributed by atoms with Gasteiger partial charge < -0.3 is 11.1 Å². The highest BCUT2D eigenvalue weighted by Crippen LogP contribution is 2.32. The maximum Gasteiger partial charge on any atom is 0.228 e. The van der Waals surface area contributed by atoms with Crippen LogP contribution in [0.4, 0.5) is 5.69 Å². The molecule has 0 fully saturated rings. The highest BCUT2D eigenvalue weighted by atomic mass is 32.2. The first-order valence-electron chi connectivity index (χ1n) is 6.59. The summed E-state index contributed by atoms with van der Waals surface area (Å²) in [6.07, 6.45) is 0. The smallest absolute Gasteiger partial charge is 0.228 e. The van der Waals surface area contributed by atoms with E-state index in [4.69, 9.17) is 5.73 Å². The molecule has 112 valence electrons. The molecule has 1 unspecified atom stereocenters. The number of carbonyl (C=O) groups is 1. The van der Waals surface area contributed by atoms with Crippen LogP contribution >= 0.6 is 23.1 Å². The van der Waals surface area contributed by atoms with Crippen LogP contribution in [0.2, 0.25) is 0 Å². The average Bonchev–Trinajstić information content (AvgIpc) is 2.86. The van der Waals surface area contributed by atoms with Crippen molar-refractivity contribution < 1.29 is 4.79 Å². The SMILES string of the molecule is Cc1nnc(Sc2ccc(NC(=O)C(C)CN)c(C)c2)s1. The zero-order valence-corrected chi connectivity index (χ0v) is 13.8. The molecule has 2 aromatic rings.